The zero-order valence-corrected chi connectivity index (χ0v) is 14.9. The first kappa shape index (κ1) is 17.5. The van der Waals surface area contributed by atoms with Crippen LogP contribution >= 0.6 is 0 Å². The summed E-state index contributed by atoms with van der Waals surface area (Å²) in [6, 6.07) is 0. The molecule has 0 bridgehead atoms. The van der Waals surface area contributed by atoms with Gasteiger partial charge in [0, 0.05) is 6.42 Å². The average molecular weight is 304 g/mol. The number of hydrogen-bond donors (Lipinski definition) is 1. The van der Waals surface area contributed by atoms with E-state index in [1.807, 2.05) is 6.92 Å². The van der Waals surface area contributed by atoms with Gasteiger partial charge in [-0.05, 0) is 57.9 Å². The van der Waals surface area contributed by atoms with Gasteiger partial charge in [-0.3, -0.25) is 0 Å². The lowest BCUT2D eigenvalue weighted by molar-refractivity contribution is 0.184. The smallest absolute Gasteiger partial charge is 0.0924 e. The van der Waals surface area contributed by atoms with Crippen molar-refractivity contribution in [2.24, 2.45) is 5.92 Å². The summed E-state index contributed by atoms with van der Waals surface area (Å²) in [5, 5.41) is 10.4. The quantitative estimate of drug-likeness (QED) is 0.549. The van der Waals surface area contributed by atoms with Crippen molar-refractivity contribution in [1.82, 2.24) is 0 Å². The molecule has 2 nitrogen and oxygen atoms in total. The minimum atomic E-state index is -0.392. The molecule has 0 amide bonds. The number of allylic oxidation sites excluding steroid dienone is 5. The zero-order chi connectivity index (χ0) is 16.3. The molecule has 3 unspecified atom stereocenters. The Bertz CT molecular complexity index is 484. The lowest BCUT2D eigenvalue weighted by Crippen LogP contribution is -2.17. The van der Waals surface area contributed by atoms with Crippen molar-refractivity contribution in [3.8, 4) is 0 Å². The summed E-state index contributed by atoms with van der Waals surface area (Å²) >= 11 is 0. The average Bonchev–Trinajstić information content (AvgIpc) is 3.07. The first-order chi connectivity index (χ1) is 10.3. The van der Waals surface area contributed by atoms with Gasteiger partial charge in [0.1, 0.15) is 0 Å². The van der Waals surface area contributed by atoms with Gasteiger partial charge in [0.2, 0.25) is 0 Å². The van der Waals surface area contributed by atoms with Crippen LogP contribution in [0.25, 0.3) is 0 Å². The van der Waals surface area contributed by atoms with Gasteiger partial charge < -0.3 is 9.84 Å². The van der Waals surface area contributed by atoms with Crippen LogP contribution in [0.5, 0.6) is 0 Å². The number of ether oxygens (including phenoxy) is 1. The van der Waals surface area contributed by atoms with E-state index in [1.165, 1.54) is 11.1 Å². The Kier molecular flexibility index (Phi) is 5.68. The summed E-state index contributed by atoms with van der Waals surface area (Å²) in [4.78, 5) is 0. The van der Waals surface area contributed by atoms with Crippen molar-refractivity contribution >= 4 is 0 Å². The van der Waals surface area contributed by atoms with Crippen molar-refractivity contribution in [3.05, 3.63) is 34.9 Å². The van der Waals surface area contributed by atoms with E-state index in [0.29, 0.717) is 12.3 Å². The number of aliphatic hydroxyl groups excluding tert-OH is 1. The number of rotatable bonds is 1. The van der Waals surface area contributed by atoms with E-state index in [4.69, 9.17) is 4.74 Å². The Balaban J connectivity index is 2.18. The van der Waals surface area contributed by atoms with Crippen molar-refractivity contribution < 1.29 is 9.84 Å². The lowest BCUT2D eigenvalue weighted by atomic mass is 9.92. The normalized spacial score (nSPS) is 41.3. The molecule has 2 rings (SSSR count). The molecule has 22 heavy (non-hydrogen) atoms. The highest BCUT2D eigenvalue weighted by Gasteiger charge is 2.51. The van der Waals surface area contributed by atoms with E-state index in [1.54, 1.807) is 0 Å². The number of fused-ring (bicyclic) bond motifs is 1. The third kappa shape index (κ3) is 4.57. The predicted molar refractivity (Wildman–Crippen MR) is 92.8 cm³/mol. The standard InChI is InChI=1S/C20H32O2/c1-14(2)17-10-8-15(3)7-6-12-20(5)19(22-20)13-18(21)16(4)9-11-17/h7,9,11,14,18-19,21H,6,8,10,12-13H2,1-5H3/b15-7-,16-9-,17-11-. The van der Waals surface area contributed by atoms with Crippen LogP contribution < -0.4 is 0 Å². The van der Waals surface area contributed by atoms with Crippen molar-refractivity contribution in [3.63, 3.8) is 0 Å². The summed E-state index contributed by atoms with van der Waals surface area (Å²) in [6.45, 7) is 10.9. The van der Waals surface area contributed by atoms with Crippen molar-refractivity contribution in [1.29, 1.82) is 0 Å². The Morgan fingerprint density at radius 3 is 2.64 bits per heavy atom. The summed E-state index contributed by atoms with van der Waals surface area (Å²) in [7, 11) is 0. The molecule has 1 aliphatic heterocycles. The Hall–Kier alpha value is -0.860. The molecular weight excluding hydrogens is 272 g/mol. The third-order valence-electron chi connectivity index (χ3n) is 5.24. The van der Waals surface area contributed by atoms with Gasteiger partial charge in [-0.15, -0.1) is 0 Å². The molecule has 0 spiro atoms. The fraction of sp³-hybridized carbons (Fsp3) is 0.700. The summed E-state index contributed by atoms with van der Waals surface area (Å²) in [5.74, 6) is 0.553. The molecule has 1 aliphatic carbocycles. The molecule has 0 aromatic heterocycles. The highest BCUT2D eigenvalue weighted by atomic mass is 16.6. The van der Waals surface area contributed by atoms with Crippen LogP contribution in [0.3, 0.4) is 0 Å². The zero-order valence-electron chi connectivity index (χ0n) is 14.9. The number of aliphatic hydroxyl groups is 1. The van der Waals surface area contributed by atoms with Gasteiger partial charge in [-0.1, -0.05) is 43.2 Å². The maximum atomic E-state index is 10.4. The Labute approximate surface area is 136 Å². The highest BCUT2D eigenvalue weighted by Crippen LogP contribution is 2.43. The maximum absolute atomic E-state index is 10.4. The second-order valence-electron chi connectivity index (χ2n) is 7.57. The highest BCUT2D eigenvalue weighted by molar-refractivity contribution is 5.22. The van der Waals surface area contributed by atoms with Crippen molar-refractivity contribution in [2.45, 2.75) is 84.5 Å². The van der Waals surface area contributed by atoms with Crippen LogP contribution in [0.2, 0.25) is 0 Å². The maximum Gasteiger partial charge on any atom is 0.0924 e. The second-order valence-corrected chi connectivity index (χ2v) is 7.57. The lowest BCUT2D eigenvalue weighted by Gasteiger charge is -2.14. The van der Waals surface area contributed by atoms with Crippen LogP contribution in [-0.4, -0.2) is 22.9 Å². The summed E-state index contributed by atoms with van der Waals surface area (Å²) in [5.41, 5.74) is 3.95. The van der Waals surface area contributed by atoms with Gasteiger partial charge in [0.05, 0.1) is 17.8 Å². The first-order valence-corrected chi connectivity index (χ1v) is 8.70. The van der Waals surface area contributed by atoms with Crippen LogP contribution in [0.4, 0.5) is 0 Å². The number of epoxide rings is 1. The summed E-state index contributed by atoms with van der Waals surface area (Å²) < 4.78 is 5.86. The fourth-order valence-electron chi connectivity index (χ4n) is 3.16. The van der Waals surface area contributed by atoms with E-state index in [-0.39, 0.29) is 11.7 Å². The minimum Gasteiger partial charge on any atom is -0.389 e. The molecule has 3 atom stereocenters. The Morgan fingerprint density at radius 2 is 1.95 bits per heavy atom. The molecule has 0 saturated carbocycles. The minimum absolute atomic E-state index is 0.0267. The topological polar surface area (TPSA) is 32.8 Å². The van der Waals surface area contributed by atoms with E-state index < -0.39 is 6.10 Å². The molecule has 1 N–H and O–H groups in total. The van der Waals surface area contributed by atoms with E-state index in [9.17, 15) is 5.11 Å². The number of hydrogen-bond acceptors (Lipinski definition) is 2. The van der Waals surface area contributed by atoms with Gasteiger partial charge in [0.25, 0.3) is 0 Å². The predicted octanol–water partition coefficient (Wildman–Crippen LogP) is 4.94. The molecule has 2 aliphatic rings. The molecule has 0 aromatic rings. The molecule has 0 radical (unpaired) electrons. The van der Waals surface area contributed by atoms with E-state index in [2.05, 4.69) is 45.9 Å². The Morgan fingerprint density at radius 1 is 1.23 bits per heavy atom. The SMILES string of the molecule is C/C1=C/CCC2(C)OC2CC(O)/C(C)=C\C=C(/C(C)C)CC1. The molecule has 1 heterocycles. The largest absolute Gasteiger partial charge is 0.389 e. The van der Waals surface area contributed by atoms with Gasteiger partial charge >= 0.3 is 0 Å². The van der Waals surface area contributed by atoms with E-state index in [0.717, 1.165) is 31.3 Å². The fourth-order valence-corrected chi connectivity index (χ4v) is 3.16. The van der Waals surface area contributed by atoms with Crippen LogP contribution in [0, 0.1) is 5.92 Å². The van der Waals surface area contributed by atoms with Crippen LogP contribution in [0.1, 0.15) is 66.7 Å². The molecular formula is C20H32O2. The van der Waals surface area contributed by atoms with Crippen LogP contribution in [-0.2, 0) is 4.74 Å². The van der Waals surface area contributed by atoms with Crippen LogP contribution in [0.15, 0.2) is 34.9 Å². The second kappa shape index (κ2) is 7.14. The van der Waals surface area contributed by atoms with Gasteiger partial charge in [-0.25, -0.2) is 0 Å². The molecule has 1 saturated heterocycles. The summed E-state index contributed by atoms with van der Waals surface area (Å²) in [6.07, 6.45) is 11.6. The van der Waals surface area contributed by atoms with Crippen molar-refractivity contribution in [2.75, 3.05) is 0 Å². The van der Waals surface area contributed by atoms with E-state index >= 15 is 0 Å². The monoisotopic (exact) mass is 304 g/mol. The van der Waals surface area contributed by atoms with Gasteiger partial charge in [-0.2, -0.15) is 0 Å². The van der Waals surface area contributed by atoms with Gasteiger partial charge in [0.15, 0.2) is 0 Å². The third-order valence-corrected chi connectivity index (χ3v) is 5.24. The molecule has 0 aromatic carbocycles. The molecule has 1 fully saturated rings. The first-order valence-electron chi connectivity index (χ1n) is 8.70. The molecule has 124 valence electrons. The molecule has 2 heteroatoms.